The highest BCUT2D eigenvalue weighted by atomic mass is 35.5. The van der Waals surface area contributed by atoms with E-state index >= 15 is 0 Å². The number of likely N-dealkylation sites (tertiary alicyclic amines) is 1. The van der Waals surface area contributed by atoms with Crippen LogP contribution in [-0.2, 0) is 4.74 Å². The fourth-order valence-electron chi connectivity index (χ4n) is 2.41. The average Bonchev–Trinajstić information content (AvgIpc) is 2.68. The SMILES string of the molecule is COCCN1C[C@@H](N)[C@H](c2cccc(Cl)c2)C1. The molecular formula is C13H19ClN2O. The molecule has 1 aromatic rings. The molecule has 0 aromatic heterocycles. The van der Waals surface area contributed by atoms with Crippen LogP contribution in [0.2, 0.25) is 5.02 Å². The molecule has 0 aliphatic carbocycles. The van der Waals surface area contributed by atoms with Crippen molar-refractivity contribution >= 4 is 11.6 Å². The second kappa shape index (κ2) is 5.83. The van der Waals surface area contributed by atoms with E-state index in [2.05, 4.69) is 11.0 Å². The standard InChI is InChI=1S/C13H19ClN2O/c1-17-6-5-16-8-12(13(15)9-16)10-3-2-4-11(14)7-10/h2-4,7,12-13H,5-6,8-9,15H2,1H3/t12-,13+/m0/s1. The minimum atomic E-state index is 0.185. The molecule has 0 saturated carbocycles. The summed E-state index contributed by atoms with van der Waals surface area (Å²) >= 11 is 6.02. The molecular weight excluding hydrogens is 236 g/mol. The largest absolute Gasteiger partial charge is 0.383 e. The van der Waals surface area contributed by atoms with Gasteiger partial charge in [0.15, 0.2) is 0 Å². The maximum absolute atomic E-state index is 6.20. The Morgan fingerprint density at radius 2 is 2.29 bits per heavy atom. The van der Waals surface area contributed by atoms with Crippen molar-refractivity contribution in [3.8, 4) is 0 Å². The number of hydrogen-bond donors (Lipinski definition) is 1. The van der Waals surface area contributed by atoms with Crippen LogP contribution in [0.5, 0.6) is 0 Å². The fourth-order valence-corrected chi connectivity index (χ4v) is 2.61. The number of halogens is 1. The maximum atomic E-state index is 6.20. The average molecular weight is 255 g/mol. The smallest absolute Gasteiger partial charge is 0.0589 e. The van der Waals surface area contributed by atoms with Crippen molar-refractivity contribution in [2.75, 3.05) is 33.4 Å². The van der Waals surface area contributed by atoms with Crippen LogP contribution in [0.1, 0.15) is 11.5 Å². The highest BCUT2D eigenvalue weighted by Crippen LogP contribution is 2.27. The summed E-state index contributed by atoms with van der Waals surface area (Å²) in [5, 5.41) is 0.782. The number of nitrogens with two attached hydrogens (primary N) is 1. The number of nitrogens with zero attached hydrogens (tertiary/aromatic N) is 1. The third kappa shape index (κ3) is 3.19. The van der Waals surface area contributed by atoms with E-state index in [9.17, 15) is 0 Å². The van der Waals surface area contributed by atoms with Crippen molar-refractivity contribution in [2.24, 2.45) is 5.73 Å². The van der Waals surface area contributed by atoms with Crippen molar-refractivity contribution in [2.45, 2.75) is 12.0 Å². The summed E-state index contributed by atoms with van der Waals surface area (Å²) < 4.78 is 5.10. The molecule has 0 spiro atoms. The molecule has 1 aliphatic rings. The van der Waals surface area contributed by atoms with Crippen molar-refractivity contribution in [3.63, 3.8) is 0 Å². The highest BCUT2D eigenvalue weighted by molar-refractivity contribution is 6.30. The number of methoxy groups -OCH3 is 1. The molecule has 1 heterocycles. The Morgan fingerprint density at radius 3 is 3.00 bits per heavy atom. The van der Waals surface area contributed by atoms with Crippen LogP contribution in [0.3, 0.4) is 0 Å². The van der Waals surface area contributed by atoms with Gasteiger partial charge < -0.3 is 10.5 Å². The lowest BCUT2D eigenvalue weighted by molar-refractivity contribution is 0.160. The van der Waals surface area contributed by atoms with Gasteiger partial charge in [-0.2, -0.15) is 0 Å². The van der Waals surface area contributed by atoms with Gasteiger partial charge in [-0.3, -0.25) is 4.90 Å². The zero-order valence-corrected chi connectivity index (χ0v) is 10.9. The third-order valence-electron chi connectivity index (χ3n) is 3.33. The van der Waals surface area contributed by atoms with Gasteiger partial charge in [-0.05, 0) is 17.7 Å². The van der Waals surface area contributed by atoms with E-state index in [0.29, 0.717) is 5.92 Å². The fraction of sp³-hybridized carbons (Fsp3) is 0.538. The summed E-state index contributed by atoms with van der Waals surface area (Å²) in [6.07, 6.45) is 0. The minimum absolute atomic E-state index is 0.185. The molecule has 0 radical (unpaired) electrons. The molecule has 1 aliphatic heterocycles. The van der Waals surface area contributed by atoms with Crippen molar-refractivity contribution < 1.29 is 4.74 Å². The molecule has 2 atom stereocenters. The van der Waals surface area contributed by atoms with E-state index in [0.717, 1.165) is 31.3 Å². The summed E-state index contributed by atoms with van der Waals surface area (Å²) in [6, 6.07) is 8.20. The van der Waals surface area contributed by atoms with Gasteiger partial charge in [-0.1, -0.05) is 23.7 Å². The van der Waals surface area contributed by atoms with Gasteiger partial charge >= 0.3 is 0 Å². The number of ether oxygens (including phenoxy) is 1. The maximum Gasteiger partial charge on any atom is 0.0589 e. The number of hydrogen-bond acceptors (Lipinski definition) is 3. The number of benzene rings is 1. The monoisotopic (exact) mass is 254 g/mol. The van der Waals surface area contributed by atoms with Crippen molar-refractivity contribution in [3.05, 3.63) is 34.9 Å². The second-order valence-electron chi connectivity index (χ2n) is 4.58. The Balaban J connectivity index is 2.02. The molecule has 0 amide bonds. The third-order valence-corrected chi connectivity index (χ3v) is 3.56. The molecule has 2 N–H and O–H groups in total. The van der Waals surface area contributed by atoms with Gasteiger partial charge in [0.2, 0.25) is 0 Å². The van der Waals surface area contributed by atoms with Crippen LogP contribution in [0.15, 0.2) is 24.3 Å². The van der Waals surface area contributed by atoms with Crippen molar-refractivity contribution in [1.82, 2.24) is 4.90 Å². The normalized spacial score (nSPS) is 25.4. The topological polar surface area (TPSA) is 38.5 Å². The summed E-state index contributed by atoms with van der Waals surface area (Å²) in [5.74, 6) is 0.380. The minimum Gasteiger partial charge on any atom is -0.383 e. The van der Waals surface area contributed by atoms with E-state index < -0.39 is 0 Å². The summed E-state index contributed by atoms with van der Waals surface area (Å²) in [6.45, 7) is 3.63. The lowest BCUT2D eigenvalue weighted by Gasteiger charge is -2.15. The van der Waals surface area contributed by atoms with Crippen LogP contribution >= 0.6 is 11.6 Å². The first-order valence-corrected chi connectivity index (χ1v) is 6.31. The van der Waals surface area contributed by atoms with Gasteiger partial charge in [-0.25, -0.2) is 0 Å². The summed E-state index contributed by atoms with van der Waals surface area (Å²) in [5.41, 5.74) is 7.44. The Labute approximate surface area is 107 Å². The van der Waals surface area contributed by atoms with Gasteiger partial charge in [0.05, 0.1) is 6.61 Å². The predicted octanol–water partition coefficient (Wildman–Crippen LogP) is 1.71. The van der Waals surface area contributed by atoms with Crippen LogP contribution in [0.25, 0.3) is 0 Å². The predicted molar refractivity (Wildman–Crippen MR) is 70.5 cm³/mol. The van der Waals surface area contributed by atoms with E-state index in [1.807, 2.05) is 18.2 Å². The van der Waals surface area contributed by atoms with E-state index in [1.54, 1.807) is 7.11 Å². The molecule has 1 aromatic carbocycles. The Bertz CT molecular complexity index is 372. The quantitative estimate of drug-likeness (QED) is 0.889. The van der Waals surface area contributed by atoms with E-state index in [4.69, 9.17) is 22.1 Å². The molecule has 4 heteroatoms. The zero-order chi connectivity index (χ0) is 12.3. The lowest BCUT2D eigenvalue weighted by atomic mass is 9.95. The Kier molecular flexibility index (Phi) is 4.40. The molecule has 1 fully saturated rings. The first-order chi connectivity index (χ1) is 8.20. The van der Waals surface area contributed by atoms with E-state index in [-0.39, 0.29) is 6.04 Å². The second-order valence-corrected chi connectivity index (χ2v) is 5.01. The van der Waals surface area contributed by atoms with Gasteiger partial charge in [0.25, 0.3) is 0 Å². The van der Waals surface area contributed by atoms with Crippen molar-refractivity contribution in [1.29, 1.82) is 0 Å². The van der Waals surface area contributed by atoms with E-state index in [1.165, 1.54) is 5.56 Å². The molecule has 0 bridgehead atoms. The number of rotatable bonds is 4. The zero-order valence-electron chi connectivity index (χ0n) is 10.1. The Hall–Kier alpha value is -0.610. The summed E-state index contributed by atoms with van der Waals surface area (Å²) in [4.78, 5) is 2.35. The first kappa shape index (κ1) is 12.8. The van der Waals surface area contributed by atoms with Crippen LogP contribution in [0.4, 0.5) is 0 Å². The molecule has 1 saturated heterocycles. The summed E-state index contributed by atoms with van der Waals surface area (Å²) in [7, 11) is 1.73. The van der Waals surface area contributed by atoms with Gasteiger partial charge in [0, 0.05) is 43.7 Å². The molecule has 2 rings (SSSR count). The van der Waals surface area contributed by atoms with Gasteiger partial charge in [0.1, 0.15) is 0 Å². The molecule has 3 nitrogen and oxygen atoms in total. The molecule has 0 unspecified atom stereocenters. The van der Waals surface area contributed by atoms with Crippen LogP contribution < -0.4 is 5.73 Å². The Morgan fingerprint density at radius 1 is 1.47 bits per heavy atom. The molecule has 17 heavy (non-hydrogen) atoms. The highest BCUT2D eigenvalue weighted by Gasteiger charge is 2.30. The molecule has 94 valence electrons. The first-order valence-electron chi connectivity index (χ1n) is 5.93. The van der Waals surface area contributed by atoms with Crippen LogP contribution in [0, 0.1) is 0 Å². The van der Waals surface area contributed by atoms with Crippen LogP contribution in [-0.4, -0.2) is 44.3 Å². The lowest BCUT2D eigenvalue weighted by Crippen LogP contribution is -2.30. The van der Waals surface area contributed by atoms with Gasteiger partial charge in [-0.15, -0.1) is 0 Å².